The van der Waals surface area contributed by atoms with Gasteiger partial charge in [-0.15, -0.1) is 0 Å². The Labute approximate surface area is 81.3 Å². The minimum atomic E-state index is -2.61. The molecule has 0 bridgehead atoms. The number of halogens is 2. The molecule has 14 heavy (non-hydrogen) atoms. The number of hydrogen-bond donors (Lipinski definition) is 0. The number of benzene rings is 1. The van der Waals surface area contributed by atoms with E-state index in [2.05, 4.69) is 0 Å². The molecule has 0 heterocycles. The van der Waals surface area contributed by atoms with Crippen molar-refractivity contribution in [2.45, 2.75) is 13.3 Å². The standard InChI is InChI=1S/C11H9F2N/c1-8-2-4-9(5-3-8)10(6-7-14)11(12)13/h2-6,11H,1H3. The summed E-state index contributed by atoms with van der Waals surface area (Å²) in [7, 11) is 0. The van der Waals surface area contributed by atoms with Crippen LogP contribution in [0.4, 0.5) is 8.78 Å². The molecule has 72 valence electrons. The Morgan fingerprint density at radius 2 is 1.93 bits per heavy atom. The van der Waals surface area contributed by atoms with Gasteiger partial charge < -0.3 is 0 Å². The lowest BCUT2D eigenvalue weighted by Gasteiger charge is -2.04. The quantitative estimate of drug-likeness (QED) is 0.662. The predicted octanol–water partition coefficient (Wildman–Crippen LogP) is 3.17. The van der Waals surface area contributed by atoms with E-state index in [1.807, 2.05) is 6.92 Å². The van der Waals surface area contributed by atoms with Gasteiger partial charge in [0.2, 0.25) is 0 Å². The van der Waals surface area contributed by atoms with Crippen molar-refractivity contribution in [2.24, 2.45) is 0 Å². The molecule has 0 saturated carbocycles. The number of nitrogens with zero attached hydrogens (tertiary/aromatic N) is 1. The first-order valence-corrected chi connectivity index (χ1v) is 4.10. The van der Waals surface area contributed by atoms with E-state index in [9.17, 15) is 8.78 Å². The number of nitriles is 1. The molecule has 0 saturated heterocycles. The monoisotopic (exact) mass is 193 g/mol. The van der Waals surface area contributed by atoms with Gasteiger partial charge in [-0.2, -0.15) is 5.26 Å². The number of rotatable bonds is 2. The van der Waals surface area contributed by atoms with Crippen molar-refractivity contribution < 1.29 is 8.78 Å². The second-order valence-electron chi connectivity index (χ2n) is 2.90. The summed E-state index contributed by atoms with van der Waals surface area (Å²) in [6.45, 7) is 1.87. The van der Waals surface area contributed by atoms with Crippen LogP contribution in [0.2, 0.25) is 0 Å². The third-order valence-electron chi connectivity index (χ3n) is 1.84. The third-order valence-corrected chi connectivity index (χ3v) is 1.84. The van der Waals surface area contributed by atoms with Gasteiger partial charge in [0.15, 0.2) is 0 Å². The summed E-state index contributed by atoms with van der Waals surface area (Å²) in [5, 5.41) is 8.34. The molecule has 1 nitrogen and oxygen atoms in total. The normalized spacial score (nSPS) is 11.5. The van der Waals surface area contributed by atoms with Gasteiger partial charge in [0.1, 0.15) is 0 Å². The Hall–Kier alpha value is -1.69. The Kier molecular flexibility index (Phi) is 3.35. The van der Waals surface area contributed by atoms with Crippen LogP contribution in [0.5, 0.6) is 0 Å². The molecule has 0 unspecified atom stereocenters. The fourth-order valence-corrected chi connectivity index (χ4v) is 1.09. The van der Waals surface area contributed by atoms with Crippen LogP contribution in [0.25, 0.3) is 5.57 Å². The molecule has 0 aliphatic carbocycles. The minimum Gasteiger partial charge on any atom is -0.205 e. The second kappa shape index (κ2) is 4.52. The van der Waals surface area contributed by atoms with Gasteiger partial charge in [-0.05, 0) is 12.5 Å². The summed E-state index contributed by atoms with van der Waals surface area (Å²) in [6.07, 6.45) is -1.73. The maximum Gasteiger partial charge on any atom is 0.265 e. The lowest BCUT2D eigenvalue weighted by atomic mass is 10.0. The summed E-state index contributed by atoms with van der Waals surface area (Å²) >= 11 is 0. The topological polar surface area (TPSA) is 23.8 Å². The van der Waals surface area contributed by atoms with E-state index in [-0.39, 0.29) is 5.57 Å². The zero-order valence-electron chi connectivity index (χ0n) is 7.67. The van der Waals surface area contributed by atoms with Crippen LogP contribution in [0.15, 0.2) is 30.3 Å². The van der Waals surface area contributed by atoms with Crippen LogP contribution >= 0.6 is 0 Å². The molecule has 0 aromatic heterocycles. The van der Waals surface area contributed by atoms with Crippen LogP contribution in [-0.2, 0) is 0 Å². The fourth-order valence-electron chi connectivity index (χ4n) is 1.09. The molecular formula is C11H9F2N. The average Bonchev–Trinajstić information content (AvgIpc) is 2.15. The third kappa shape index (κ3) is 2.40. The summed E-state index contributed by atoms with van der Waals surface area (Å²) in [5.41, 5.74) is 1.17. The van der Waals surface area contributed by atoms with Crippen molar-refractivity contribution in [1.82, 2.24) is 0 Å². The molecule has 3 heteroatoms. The van der Waals surface area contributed by atoms with Gasteiger partial charge in [0.25, 0.3) is 6.43 Å². The Balaban J connectivity index is 3.08. The van der Waals surface area contributed by atoms with Gasteiger partial charge in [0.05, 0.1) is 6.07 Å². The maximum absolute atomic E-state index is 12.5. The Morgan fingerprint density at radius 1 is 1.36 bits per heavy atom. The highest BCUT2D eigenvalue weighted by atomic mass is 19.3. The van der Waals surface area contributed by atoms with E-state index in [1.54, 1.807) is 30.3 Å². The molecule has 0 N–H and O–H groups in total. The zero-order chi connectivity index (χ0) is 10.6. The highest BCUT2D eigenvalue weighted by Crippen LogP contribution is 2.21. The maximum atomic E-state index is 12.5. The van der Waals surface area contributed by atoms with Crippen LogP contribution in [0.3, 0.4) is 0 Å². The summed E-state index contributed by atoms with van der Waals surface area (Å²) in [6, 6.07) is 8.27. The van der Waals surface area contributed by atoms with Gasteiger partial charge >= 0.3 is 0 Å². The average molecular weight is 193 g/mol. The van der Waals surface area contributed by atoms with Gasteiger partial charge in [0, 0.05) is 11.6 Å². The molecule has 0 amide bonds. The first kappa shape index (κ1) is 10.4. The molecule has 0 fully saturated rings. The van der Waals surface area contributed by atoms with E-state index >= 15 is 0 Å². The number of alkyl halides is 2. The van der Waals surface area contributed by atoms with Crippen molar-refractivity contribution in [1.29, 1.82) is 5.26 Å². The first-order chi connectivity index (χ1) is 6.65. The van der Waals surface area contributed by atoms with E-state index in [0.29, 0.717) is 5.56 Å². The van der Waals surface area contributed by atoms with Crippen molar-refractivity contribution in [3.05, 3.63) is 41.5 Å². The summed E-state index contributed by atoms with van der Waals surface area (Å²) in [4.78, 5) is 0. The van der Waals surface area contributed by atoms with Crippen molar-refractivity contribution in [3.8, 4) is 6.07 Å². The molecule has 0 spiro atoms. The first-order valence-electron chi connectivity index (χ1n) is 4.10. The van der Waals surface area contributed by atoms with E-state index in [4.69, 9.17) is 5.26 Å². The predicted molar refractivity (Wildman–Crippen MR) is 50.8 cm³/mol. The SMILES string of the molecule is Cc1ccc(C(=CC#N)C(F)F)cc1. The minimum absolute atomic E-state index is 0.229. The van der Waals surface area contributed by atoms with E-state index in [1.165, 1.54) is 0 Å². The van der Waals surface area contributed by atoms with Crippen LogP contribution in [-0.4, -0.2) is 6.43 Å². The van der Waals surface area contributed by atoms with Crippen LogP contribution in [0.1, 0.15) is 11.1 Å². The van der Waals surface area contributed by atoms with Gasteiger partial charge in [-0.25, -0.2) is 8.78 Å². The Morgan fingerprint density at radius 3 is 2.36 bits per heavy atom. The van der Waals surface area contributed by atoms with Crippen molar-refractivity contribution in [2.75, 3.05) is 0 Å². The molecule has 0 radical (unpaired) electrons. The lowest BCUT2D eigenvalue weighted by molar-refractivity contribution is 0.215. The fraction of sp³-hybridized carbons (Fsp3) is 0.182. The van der Waals surface area contributed by atoms with Crippen LogP contribution in [0, 0.1) is 18.3 Å². The van der Waals surface area contributed by atoms with Gasteiger partial charge in [-0.1, -0.05) is 29.8 Å². The van der Waals surface area contributed by atoms with Crippen molar-refractivity contribution >= 4 is 5.57 Å². The van der Waals surface area contributed by atoms with Gasteiger partial charge in [-0.3, -0.25) is 0 Å². The lowest BCUT2D eigenvalue weighted by Crippen LogP contribution is -1.95. The molecule has 0 atom stereocenters. The molecular weight excluding hydrogens is 184 g/mol. The largest absolute Gasteiger partial charge is 0.265 e. The molecule has 1 aromatic rings. The molecule has 1 rings (SSSR count). The van der Waals surface area contributed by atoms with E-state index < -0.39 is 6.43 Å². The number of hydrogen-bond acceptors (Lipinski definition) is 1. The molecule has 0 aliphatic heterocycles. The zero-order valence-corrected chi connectivity index (χ0v) is 7.67. The smallest absolute Gasteiger partial charge is 0.205 e. The molecule has 1 aromatic carbocycles. The second-order valence-corrected chi connectivity index (χ2v) is 2.90. The molecule has 0 aliphatic rings. The van der Waals surface area contributed by atoms with Crippen molar-refractivity contribution in [3.63, 3.8) is 0 Å². The van der Waals surface area contributed by atoms with E-state index in [0.717, 1.165) is 11.6 Å². The Bertz CT molecular complexity index is 371. The number of allylic oxidation sites excluding steroid dienone is 2. The number of aryl methyl sites for hydroxylation is 1. The summed E-state index contributed by atoms with van der Waals surface area (Å²) < 4.78 is 24.9. The summed E-state index contributed by atoms with van der Waals surface area (Å²) in [5.74, 6) is 0. The highest BCUT2D eigenvalue weighted by molar-refractivity contribution is 5.69. The van der Waals surface area contributed by atoms with Crippen LogP contribution < -0.4 is 0 Å². The highest BCUT2D eigenvalue weighted by Gasteiger charge is 2.12.